The zero-order valence-corrected chi connectivity index (χ0v) is 19.9. The molecule has 0 unspecified atom stereocenters. The number of ether oxygens (including phenoxy) is 1. The van der Waals surface area contributed by atoms with Crippen molar-refractivity contribution < 1.29 is 14.0 Å². The van der Waals surface area contributed by atoms with Crippen molar-refractivity contribution in [3.8, 4) is 0 Å². The quantitative estimate of drug-likeness (QED) is 0.506. The van der Waals surface area contributed by atoms with Crippen LogP contribution in [0.5, 0.6) is 0 Å². The Balaban J connectivity index is 1.81. The summed E-state index contributed by atoms with van der Waals surface area (Å²) in [6.07, 6.45) is 2.86. The summed E-state index contributed by atoms with van der Waals surface area (Å²) < 4.78 is 12.6. The van der Waals surface area contributed by atoms with E-state index in [1.54, 1.807) is 0 Å². The first-order valence-corrected chi connectivity index (χ1v) is 13.1. The molecule has 0 radical (unpaired) electrons. The molecule has 4 atom stereocenters. The van der Waals surface area contributed by atoms with Crippen molar-refractivity contribution in [2.24, 2.45) is 17.3 Å². The summed E-state index contributed by atoms with van der Waals surface area (Å²) in [5.41, 5.74) is -0.314. The molecule has 3 nitrogen and oxygen atoms in total. The van der Waals surface area contributed by atoms with Crippen molar-refractivity contribution in [3.05, 3.63) is 60.7 Å². The normalized spacial score (nSPS) is 28.1. The smallest absolute Gasteiger partial charge is 0.312 e. The highest BCUT2D eigenvalue weighted by Crippen LogP contribution is 2.68. The van der Waals surface area contributed by atoms with E-state index in [1.165, 1.54) is 17.5 Å². The van der Waals surface area contributed by atoms with E-state index in [2.05, 4.69) is 88.4 Å². The monoisotopic (exact) mass is 422 g/mol. The van der Waals surface area contributed by atoms with E-state index in [0.29, 0.717) is 11.8 Å². The number of methoxy groups -OCH3 is 1. The molecule has 160 valence electrons. The highest BCUT2D eigenvalue weighted by atomic mass is 28.4. The second kappa shape index (κ2) is 7.65. The van der Waals surface area contributed by atoms with Crippen LogP contribution in [0.3, 0.4) is 0 Å². The average molecular weight is 423 g/mol. The van der Waals surface area contributed by atoms with Crippen LogP contribution in [0.2, 0.25) is 5.04 Å². The molecule has 2 aromatic rings. The second-order valence-corrected chi connectivity index (χ2v) is 14.3. The van der Waals surface area contributed by atoms with Crippen molar-refractivity contribution in [3.63, 3.8) is 0 Å². The molecule has 0 spiro atoms. The number of hydrogen-bond donors (Lipinski definition) is 0. The first-order valence-electron chi connectivity index (χ1n) is 11.2. The fraction of sp³-hybridized carbons (Fsp3) is 0.500. The summed E-state index contributed by atoms with van der Waals surface area (Å²) in [7, 11) is -1.09. The molecule has 4 heteroatoms. The first-order chi connectivity index (χ1) is 14.3. The molecule has 0 N–H and O–H groups in total. The third-order valence-corrected chi connectivity index (χ3v) is 12.6. The van der Waals surface area contributed by atoms with Crippen molar-refractivity contribution in [1.29, 1.82) is 0 Å². The van der Waals surface area contributed by atoms with E-state index in [1.807, 2.05) is 0 Å². The number of rotatable bonds is 6. The highest BCUT2D eigenvalue weighted by molar-refractivity contribution is 6.99. The molecular weight excluding hydrogens is 388 g/mol. The van der Waals surface area contributed by atoms with Gasteiger partial charge in [0.2, 0.25) is 0 Å². The van der Waals surface area contributed by atoms with Crippen LogP contribution in [0.25, 0.3) is 0 Å². The minimum Gasteiger partial charge on any atom is -0.469 e. The van der Waals surface area contributed by atoms with E-state index in [-0.39, 0.29) is 22.5 Å². The van der Waals surface area contributed by atoms with Crippen LogP contribution < -0.4 is 10.4 Å². The molecule has 2 saturated carbocycles. The fourth-order valence-electron chi connectivity index (χ4n) is 6.01. The van der Waals surface area contributed by atoms with Gasteiger partial charge >= 0.3 is 5.97 Å². The van der Waals surface area contributed by atoms with Crippen LogP contribution in [0.4, 0.5) is 0 Å². The average Bonchev–Trinajstić information content (AvgIpc) is 3.38. The number of fused-ring (bicyclic) bond motifs is 1. The Hall–Kier alpha value is -1.91. The van der Waals surface area contributed by atoms with Crippen molar-refractivity contribution in [1.82, 2.24) is 0 Å². The van der Waals surface area contributed by atoms with E-state index < -0.39 is 8.32 Å². The van der Waals surface area contributed by atoms with Gasteiger partial charge in [0.1, 0.15) is 0 Å². The number of benzene rings is 2. The largest absolute Gasteiger partial charge is 0.469 e. The van der Waals surface area contributed by atoms with Gasteiger partial charge in [0.15, 0.2) is 0 Å². The topological polar surface area (TPSA) is 35.5 Å². The first kappa shape index (κ1) is 21.3. The minimum absolute atomic E-state index is 0.0421. The summed E-state index contributed by atoms with van der Waals surface area (Å²) in [6.45, 7) is 9.17. The lowest BCUT2D eigenvalue weighted by Crippen LogP contribution is -2.68. The predicted octanol–water partition coefficient (Wildman–Crippen LogP) is 4.54. The summed E-state index contributed by atoms with van der Waals surface area (Å²) in [4.78, 5) is 12.6. The van der Waals surface area contributed by atoms with Gasteiger partial charge in [0, 0.05) is 0 Å². The molecule has 0 aliphatic heterocycles. The van der Waals surface area contributed by atoms with E-state index in [9.17, 15) is 4.79 Å². The van der Waals surface area contributed by atoms with Crippen LogP contribution in [0.1, 0.15) is 47.0 Å². The van der Waals surface area contributed by atoms with Gasteiger partial charge in [0.05, 0.1) is 18.6 Å². The lowest BCUT2D eigenvalue weighted by atomic mass is 9.98. The third-order valence-electron chi connectivity index (χ3n) is 7.50. The van der Waals surface area contributed by atoms with Crippen LogP contribution in [-0.4, -0.2) is 27.5 Å². The predicted molar refractivity (Wildman–Crippen MR) is 123 cm³/mol. The maximum absolute atomic E-state index is 12.6. The molecule has 0 saturated heterocycles. The Morgan fingerprint density at radius 2 is 1.53 bits per heavy atom. The number of carbonyl (C=O) groups excluding carboxylic acids is 1. The Morgan fingerprint density at radius 3 is 1.97 bits per heavy atom. The van der Waals surface area contributed by atoms with Crippen LogP contribution >= 0.6 is 0 Å². The molecule has 2 aromatic carbocycles. The zero-order valence-electron chi connectivity index (χ0n) is 18.9. The van der Waals surface area contributed by atoms with Gasteiger partial charge < -0.3 is 9.16 Å². The lowest BCUT2D eigenvalue weighted by molar-refractivity contribution is -0.147. The molecule has 0 bridgehead atoms. The zero-order chi connectivity index (χ0) is 21.6. The Morgan fingerprint density at radius 1 is 1.00 bits per heavy atom. The molecule has 0 aromatic heterocycles. The molecule has 0 amide bonds. The van der Waals surface area contributed by atoms with Gasteiger partial charge in [-0.15, -0.1) is 0 Å². The lowest BCUT2D eigenvalue weighted by Gasteiger charge is -2.46. The molecular formula is C26H34O3Si. The highest BCUT2D eigenvalue weighted by Gasteiger charge is 2.71. The van der Waals surface area contributed by atoms with E-state index in [0.717, 1.165) is 19.3 Å². The SMILES string of the molecule is CC[C@H]1[C@H](O[Si](c2ccccc2)(c2ccccc2)C(C)(C)C)C[C@@]2(C(=O)OC)C[C@@H]12. The molecule has 4 rings (SSSR count). The fourth-order valence-corrected chi connectivity index (χ4v) is 10.7. The van der Waals surface area contributed by atoms with Gasteiger partial charge in [0.25, 0.3) is 8.32 Å². The Labute approximate surface area is 181 Å². The van der Waals surface area contributed by atoms with Gasteiger partial charge in [-0.05, 0) is 40.1 Å². The third kappa shape index (κ3) is 3.16. The second-order valence-electron chi connectivity index (χ2n) is 10.1. The molecule has 0 heterocycles. The summed E-state index contributed by atoms with van der Waals surface area (Å²) >= 11 is 0. The van der Waals surface area contributed by atoms with Crippen molar-refractivity contribution >= 4 is 24.7 Å². The maximum atomic E-state index is 12.6. The molecule has 2 fully saturated rings. The Bertz CT molecular complexity index is 850. The number of carbonyl (C=O) groups is 1. The molecule has 2 aliphatic carbocycles. The van der Waals surface area contributed by atoms with E-state index >= 15 is 0 Å². The van der Waals surface area contributed by atoms with Gasteiger partial charge in [-0.3, -0.25) is 4.79 Å². The molecule has 2 aliphatic rings. The summed E-state index contributed by atoms with van der Waals surface area (Å²) in [5, 5.41) is 2.54. The van der Waals surface area contributed by atoms with Gasteiger partial charge in [-0.2, -0.15) is 0 Å². The maximum Gasteiger partial charge on any atom is 0.312 e. The number of hydrogen-bond acceptors (Lipinski definition) is 3. The van der Waals surface area contributed by atoms with Crippen LogP contribution in [-0.2, 0) is 14.0 Å². The standard InChI is InChI=1S/C26H34O3Si/c1-6-21-22-17-26(22,24(27)28-5)18-23(21)29-30(25(2,3)4,19-13-9-7-10-14-19)20-15-11-8-12-16-20/h7-16,21-23H,6,17-18H2,1-5H3/t21-,22+,23-,26+/m1/s1. The van der Waals surface area contributed by atoms with Crippen molar-refractivity contribution in [2.75, 3.05) is 7.11 Å². The van der Waals surface area contributed by atoms with Gasteiger partial charge in [-0.1, -0.05) is 94.8 Å². The summed E-state index contributed by atoms with van der Waals surface area (Å²) in [5.74, 6) is 0.767. The van der Waals surface area contributed by atoms with Crippen LogP contribution in [0, 0.1) is 17.3 Å². The summed E-state index contributed by atoms with van der Waals surface area (Å²) in [6, 6.07) is 21.6. The van der Waals surface area contributed by atoms with Gasteiger partial charge in [-0.25, -0.2) is 0 Å². The number of esters is 1. The Kier molecular flexibility index (Phi) is 5.44. The molecule has 30 heavy (non-hydrogen) atoms. The van der Waals surface area contributed by atoms with Crippen molar-refractivity contribution in [2.45, 2.75) is 58.1 Å². The van der Waals surface area contributed by atoms with E-state index in [4.69, 9.17) is 9.16 Å². The minimum atomic E-state index is -2.61. The van der Waals surface area contributed by atoms with Crippen LogP contribution in [0.15, 0.2) is 60.7 Å².